The number of hydrogen-bond acceptors (Lipinski definition) is 5. The van der Waals surface area contributed by atoms with Crippen LogP contribution in [0.15, 0.2) is 27.1 Å². The summed E-state index contributed by atoms with van der Waals surface area (Å²) in [5.74, 6) is -1.06. The number of nitrogens with one attached hydrogen (secondary N) is 1. The van der Waals surface area contributed by atoms with E-state index in [0.29, 0.717) is 15.7 Å². The molecule has 0 spiro atoms. The molecule has 0 fully saturated rings. The van der Waals surface area contributed by atoms with Gasteiger partial charge >= 0.3 is 11.7 Å². The molecular weight excluding hydrogens is 256 g/mol. The van der Waals surface area contributed by atoms with Crippen molar-refractivity contribution in [1.82, 2.24) is 19.7 Å². The predicted molar refractivity (Wildman–Crippen MR) is 63.9 cm³/mol. The first kappa shape index (κ1) is 12.4. The Bertz CT molecular complexity index is 661. The fourth-order valence-corrected chi connectivity index (χ4v) is 2.29. The first-order valence-electron chi connectivity index (χ1n) is 4.98. The van der Waals surface area contributed by atoms with Crippen LogP contribution in [0.1, 0.15) is 16.1 Å². The molecule has 0 bridgehead atoms. The third-order valence-electron chi connectivity index (χ3n) is 2.27. The summed E-state index contributed by atoms with van der Waals surface area (Å²) in [5.41, 5.74) is 0.434. The van der Waals surface area contributed by atoms with E-state index in [-0.39, 0.29) is 11.3 Å². The van der Waals surface area contributed by atoms with Crippen LogP contribution in [0.2, 0.25) is 0 Å². The lowest BCUT2D eigenvalue weighted by atomic mass is 10.2. The van der Waals surface area contributed by atoms with E-state index in [2.05, 4.69) is 15.2 Å². The van der Waals surface area contributed by atoms with Crippen LogP contribution in [-0.4, -0.2) is 30.8 Å². The van der Waals surface area contributed by atoms with Gasteiger partial charge < -0.3 is 5.11 Å². The van der Waals surface area contributed by atoms with Gasteiger partial charge in [-0.1, -0.05) is 0 Å². The van der Waals surface area contributed by atoms with E-state index in [1.165, 1.54) is 10.8 Å². The number of carbonyl (C=O) groups is 1. The lowest BCUT2D eigenvalue weighted by Gasteiger charge is -2.05. The van der Waals surface area contributed by atoms with Gasteiger partial charge in [0.15, 0.2) is 5.16 Å². The molecule has 0 saturated heterocycles. The quantitative estimate of drug-likeness (QED) is 0.846. The Balaban J connectivity index is 2.45. The van der Waals surface area contributed by atoms with Crippen LogP contribution in [0.4, 0.5) is 0 Å². The molecule has 0 unspecified atom stereocenters. The zero-order chi connectivity index (χ0) is 13.3. The van der Waals surface area contributed by atoms with E-state index in [1.807, 2.05) is 0 Å². The normalized spacial score (nSPS) is 10.6. The van der Waals surface area contributed by atoms with E-state index in [0.717, 1.165) is 11.8 Å². The van der Waals surface area contributed by atoms with Gasteiger partial charge in [0.05, 0.1) is 5.56 Å². The molecule has 2 rings (SSSR count). The fourth-order valence-electron chi connectivity index (χ4n) is 1.30. The van der Waals surface area contributed by atoms with Gasteiger partial charge in [0, 0.05) is 23.8 Å². The molecule has 0 aromatic carbocycles. The second kappa shape index (κ2) is 4.65. The summed E-state index contributed by atoms with van der Waals surface area (Å²) in [7, 11) is 1.56. The zero-order valence-corrected chi connectivity index (χ0v) is 10.5. The van der Waals surface area contributed by atoms with E-state index in [9.17, 15) is 9.59 Å². The lowest BCUT2D eigenvalue weighted by molar-refractivity contribution is 0.0692. The predicted octanol–water partition coefficient (Wildman–Crippen LogP) is 0.661. The van der Waals surface area contributed by atoms with Crippen LogP contribution in [0.25, 0.3) is 0 Å². The van der Waals surface area contributed by atoms with Crippen molar-refractivity contribution >= 4 is 17.7 Å². The van der Waals surface area contributed by atoms with Gasteiger partial charge in [0.1, 0.15) is 0 Å². The number of rotatable bonds is 3. The van der Waals surface area contributed by atoms with E-state index >= 15 is 0 Å². The smallest absolute Gasteiger partial charge is 0.343 e. The van der Waals surface area contributed by atoms with Crippen molar-refractivity contribution in [3.8, 4) is 0 Å². The van der Waals surface area contributed by atoms with E-state index < -0.39 is 5.97 Å². The van der Waals surface area contributed by atoms with Gasteiger partial charge in [-0.05, 0) is 24.8 Å². The van der Waals surface area contributed by atoms with Crippen molar-refractivity contribution in [3.63, 3.8) is 0 Å². The van der Waals surface area contributed by atoms with E-state index in [1.54, 1.807) is 20.0 Å². The number of carboxylic acid groups (broad SMARTS) is 1. The maximum atomic E-state index is 11.2. The SMILES string of the molecule is Cc1cc(Sc2n[nH]c(=O)n2C)c(C(=O)O)cn1. The monoisotopic (exact) mass is 266 g/mol. The van der Waals surface area contributed by atoms with Crippen molar-refractivity contribution in [3.05, 3.63) is 34.0 Å². The standard InChI is InChI=1S/C10H10N4O3S/c1-5-3-7(6(4-11-5)8(15)16)18-10-13-12-9(17)14(10)2/h3-4H,1-2H3,(H,12,17)(H,15,16). The summed E-state index contributed by atoms with van der Waals surface area (Å²) < 4.78 is 1.31. The number of aromatic amines is 1. The molecule has 18 heavy (non-hydrogen) atoms. The van der Waals surface area contributed by atoms with Crippen molar-refractivity contribution < 1.29 is 9.90 Å². The molecule has 7 nitrogen and oxygen atoms in total. The van der Waals surface area contributed by atoms with Crippen LogP contribution in [-0.2, 0) is 7.05 Å². The van der Waals surface area contributed by atoms with Gasteiger partial charge in [-0.25, -0.2) is 14.7 Å². The maximum absolute atomic E-state index is 11.2. The molecule has 0 saturated carbocycles. The largest absolute Gasteiger partial charge is 0.478 e. The third-order valence-corrected chi connectivity index (χ3v) is 3.38. The van der Waals surface area contributed by atoms with Crippen molar-refractivity contribution in [2.45, 2.75) is 17.0 Å². The Labute approximate surface area is 106 Å². The van der Waals surface area contributed by atoms with Gasteiger partial charge in [0.25, 0.3) is 0 Å². The summed E-state index contributed by atoms with van der Waals surface area (Å²) in [5, 5.41) is 15.6. The summed E-state index contributed by atoms with van der Waals surface area (Å²) in [4.78, 5) is 26.7. The van der Waals surface area contributed by atoms with Crippen molar-refractivity contribution in [1.29, 1.82) is 0 Å². The number of H-pyrrole nitrogens is 1. The molecule has 0 amide bonds. The Morgan fingerprint density at radius 3 is 2.83 bits per heavy atom. The molecule has 94 valence electrons. The highest BCUT2D eigenvalue weighted by Gasteiger charge is 2.15. The molecule has 0 aliphatic carbocycles. The van der Waals surface area contributed by atoms with Crippen molar-refractivity contribution in [2.24, 2.45) is 7.05 Å². The Morgan fingerprint density at radius 1 is 1.56 bits per heavy atom. The number of aromatic carboxylic acids is 1. The second-order valence-corrected chi connectivity index (χ2v) is 4.61. The molecule has 0 aliphatic heterocycles. The van der Waals surface area contributed by atoms with Gasteiger partial charge in [-0.15, -0.1) is 5.10 Å². The highest BCUT2D eigenvalue weighted by molar-refractivity contribution is 7.99. The minimum absolute atomic E-state index is 0.0843. The Kier molecular flexibility index (Phi) is 3.19. The summed E-state index contributed by atoms with van der Waals surface area (Å²) in [6.07, 6.45) is 1.30. The Hall–Kier alpha value is -2.09. The highest BCUT2D eigenvalue weighted by atomic mass is 32.2. The van der Waals surface area contributed by atoms with Crippen molar-refractivity contribution in [2.75, 3.05) is 0 Å². The number of aryl methyl sites for hydroxylation is 1. The maximum Gasteiger partial charge on any atom is 0.343 e. The minimum atomic E-state index is -1.06. The number of aromatic nitrogens is 4. The molecular formula is C10H10N4O3S. The molecule has 2 N–H and O–H groups in total. The first-order valence-corrected chi connectivity index (χ1v) is 5.80. The molecule has 0 atom stereocenters. The lowest BCUT2D eigenvalue weighted by Crippen LogP contribution is -2.13. The van der Waals surface area contributed by atoms with Crippen LogP contribution < -0.4 is 5.69 Å². The average Bonchev–Trinajstić information content (AvgIpc) is 2.61. The second-order valence-electron chi connectivity index (χ2n) is 3.60. The van der Waals surface area contributed by atoms with Gasteiger partial charge in [-0.3, -0.25) is 9.55 Å². The molecule has 8 heteroatoms. The highest BCUT2D eigenvalue weighted by Crippen LogP contribution is 2.28. The van der Waals surface area contributed by atoms with Crippen LogP contribution in [0.3, 0.4) is 0 Å². The summed E-state index contributed by atoms with van der Waals surface area (Å²) in [6.45, 7) is 1.76. The molecule has 2 aromatic rings. The van der Waals surface area contributed by atoms with Gasteiger partial charge in [0.2, 0.25) is 0 Å². The van der Waals surface area contributed by atoms with Crippen LogP contribution >= 0.6 is 11.8 Å². The number of carboxylic acids is 1. The number of hydrogen-bond donors (Lipinski definition) is 2. The summed E-state index contributed by atoms with van der Waals surface area (Å²) >= 11 is 1.10. The third kappa shape index (κ3) is 2.28. The van der Waals surface area contributed by atoms with Crippen LogP contribution in [0, 0.1) is 6.92 Å². The average molecular weight is 266 g/mol. The summed E-state index contributed by atoms with van der Waals surface area (Å²) in [6, 6.07) is 1.65. The minimum Gasteiger partial charge on any atom is -0.478 e. The molecule has 2 heterocycles. The van der Waals surface area contributed by atoms with Crippen LogP contribution in [0.5, 0.6) is 0 Å². The fraction of sp³-hybridized carbons (Fsp3) is 0.200. The Morgan fingerprint density at radius 2 is 2.28 bits per heavy atom. The zero-order valence-electron chi connectivity index (χ0n) is 9.67. The molecule has 0 aliphatic rings. The van der Waals surface area contributed by atoms with E-state index in [4.69, 9.17) is 5.11 Å². The number of pyridine rings is 1. The molecule has 0 radical (unpaired) electrons. The van der Waals surface area contributed by atoms with Gasteiger partial charge in [-0.2, -0.15) is 0 Å². The molecule has 2 aromatic heterocycles. The number of nitrogens with zero attached hydrogens (tertiary/aromatic N) is 3. The first-order chi connectivity index (χ1) is 8.49. The topological polar surface area (TPSA) is 101 Å².